The van der Waals surface area contributed by atoms with Crippen molar-refractivity contribution < 1.29 is 0 Å². The molecule has 0 aliphatic carbocycles. The van der Waals surface area contributed by atoms with Gasteiger partial charge in [0.25, 0.3) is 5.56 Å². The Bertz CT molecular complexity index is 612. The van der Waals surface area contributed by atoms with Crippen LogP contribution in [-0.4, -0.2) is 9.97 Å². The molecule has 0 unspecified atom stereocenters. The molecule has 0 fully saturated rings. The van der Waals surface area contributed by atoms with Crippen molar-refractivity contribution in [3.05, 3.63) is 43.9 Å². The van der Waals surface area contributed by atoms with Crippen LogP contribution in [0.1, 0.15) is 5.69 Å². The maximum atomic E-state index is 11.3. The number of anilines is 1. The summed E-state index contributed by atoms with van der Waals surface area (Å²) in [4.78, 5) is 19.3. The highest BCUT2D eigenvalue weighted by atomic mass is 127. The van der Waals surface area contributed by atoms with Gasteiger partial charge < -0.3 is 10.7 Å². The smallest absolute Gasteiger partial charge is 0.251 e. The highest BCUT2D eigenvalue weighted by Crippen LogP contribution is 2.29. The second kappa shape index (κ2) is 5.09. The number of nitrogens with zero attached hydrogens (tertiary/aromatic N) is 1. The molecule has 0 aliphatic rings. The molecule has 0 radical (unpaired) electrons. The zero-order chi connectivity index (χ0) is 12.4. The predicted molar refractivity (Wildman–Crippen MR) is 77.3 cm³/mol. The number of nitrogens with two attached hydrogens (primary N) is 1. The van der Waals surface area contributed by atoms with Crippen LogP contribution < -0.4 is 11.3 Å². The van der Waals surface area contributed by atoms with E-state index >= 15 is 0 Å². The maximum Gasteiger partial charge on any atom is 0.251 e. The van der Waals surface area contributed by atoms with E-state index in [1.807, 2.05) is 18.2 Å². The number of aromatic amines is 1. The van der Waals surface area contributed by atoms with Gasteiger partial charge in [-0.3, -0.25) is 4.79 Å². The van der Waals surface area contributed by atoms with E-state index in [1.165, 1.54) is 17.8 Å². The molecule has 6 heteroatoms. The van der Waals surface area contributed by atoms with Crippen LogP contribution >= 0.6 is 34.4 Å². The predicted octanol–water partition coefficient (Wildman–Crippen LogP) is 2.42. The number of halogens is 1. The molecule has 0 saturated carbocycles. The first-order valence-corrected chi connectivity index (χ1v) is 6.75. The number of nitrogens with one attached hydrogen (secondary N) is 1. The number of aromatic nitrogens is 2. The molecule has 0 bridgehead atoms. The van der Waals surface area contributed by atoms with Gasteiger partial charge >= 0.3 is 0 Å². The number of aryl methyl sites for hydroxylation is 1. The van der Waals surface area contributed by atoms with E-state index in [4.69, 9.17) is 5.73 Å². The minimum atomic E-state index is -0.134. The lowest BCUT2D eigenvalue weighted by Gasteiger charge is -2.04. The summed E-state index contributed by atoms with van der Waals surface area (Å²) < 4.78 is 1.04. The second-order valence-electron chi connectivity index (χ2n) is 3.48. The van der Waals surface area contributed by atoms with Crippen LogP contribution in [0.2, 0.25) is 0 Å². The summed E-state index contributed by atoms with van der Waals surface area (Å²) in [6, 6.07) is 7.11. The standard InChI is InChI=1S/C11H10IN3OS/c1-6-4-10(16)15-11(14-6)17-9-3-2-7(13)5-8(9)12/h2-5H,13H2,1H3,(H,14,15,16). The molecule has 0 saturated heterocycles. The van der Waals surface area contributed by atoms with Crippen molar-refractivity contribution >= 4 is 40.0 Å². The largest absolute Gasteiger partial charge is 0.399 e. The Hall–Kier alpha value is -1.02. The van der Waals surface area contributed by atoms with E-state index in [0.717, 1.165) is 14.2 Å². The van der Waals surface area contributed by atoms with Gasteiger partial charge in [-0.1, -0.05) is 11.8 Å². The van der Waals surface area contributed by atoms with Gasteiger partial charge in [0.15, 0.2) is 5.16 Å². The Morgan fingerprint density at radius 2 is 2.18 bits per heavy atom. The summed E-state index contributed by atoms with van der Waals surface area (Å²) in [7, 11) is 0. The van der Waals surface area contributed by atoms with E-state index in [2.05, 4.69) is 32.6 Å². The van der Waals surface area contributed by atoms with E-state index in [0.29, 0.717) is 10.9 Å². The van der Waals surface area contributed by atoms with Gasteiger partial charge in [0.05, 0.1) is 0 Å². The topological polar surface area (TPSA) is 71.8 Å². The molecule has 17 heavy (non-hydrogen) atoms. The van der Waals surface area contributed by atoms with Crippen molar-refractivity contribution in [1.29, 1.82) is 0 Å². The minimum Gasteiger partial charge on any atom is -0.399 e. The molecule has 3 N–H and O–H groups in total. The molecule has 0 atom stereocenters. The Balaban J connectivity index is 2.34. The van der Waals surface area contributed by atoms with Crippen molar-refractivity contribution in [2.75, 3.05) is 5.73 Å². The van der Waals surface area contributed by atoms with Gasteiger partial charge in [-0.25, -0.2) is 4.98 Å². The van der Waals surface area contributed by atoms with E-state index < -0.39 is 0 Å². The fraction of sp³-hybridized carbons (Fsp3) is 0.0909. The fourth-order valence-corrected chi connectivity index (χ4v) is 3.02. The quantitative estimate of drug-likeness (QED) is 0.491. The third kappa shape index (κ3) is 3.22. The van der Waals surface area contributed by atoms with Crippen LogP contribution in [0.5, 0.6) is 0 Å². The van der Waals surface area contributed by atoms with Crippen LogP contribution in [0.4, 0.5) is 5.69 Å². The summed E-state index contributed by atoms with van der Waals surface area (Å²) in [5.41, 5.74) is 6.98. The molecular weight excluding hydrogens is 349 g/mol. The van der Waals surface area contributed by atoms with Crippen LogP contribution in [0.25, 0.3) is 0 Å². The lowest BCUT2D eigenvalue weighted by atomic mass is 10.3. The number of benzene rings is 1. The van der Waals surface area contributed by atoms with Gasteiger partial charge in [-0.05, 0) is 47.7 Å². The molecule has 1 heterocycles. The summed E-state index contributed by atoms with van der Waals surface area (Å²) in [6.45, 7) is 1.80. The number of nitrogen functional groups attached to an aromatic ring is 1. The molecule has 4 nitrogen and oxygen atoms in total. The average molecular weight is 359 g/mol. The van der Waals surface area contributed by atoms with Gasteiger partial charge in [0.2, 0.25) is 0 Å². The van der Waals surface area contributed by atoms with E-state index in [-0.39, 0.29) is 5.56 Å². The van der Waals surface area contributed by atoms with E-state index in [1.54, 1.807) is 6.92 Å². The average Bonchev–Trinajstić information content (AvgIpc) is 2.21. The Kier molecular flexibility index (Phi) is 3.72. The van der Waals surface area contributed by atoms with Gasteiger partial charge in [-0.2, -0.15) is 0 Å². The Morgan fingerprint density at radius 1 is 1.41 bits per heavy atom. The zero-order valence-electron chi connectivity index (χ0n) is 9.03. The molecule has 0 aliphatic heterocycles. The van der Waals surface area contributed by atoms with Crippen molar-refractivity contribution in [2.24, 2.45) is 0 Å². The van der Waals surface area contributed by atoms with Crippen LogP contribution in [0, 0.1) is 10.5 Å². The van der Waals surface area contributed by atoms with Gasteiger partial charge in [-0.15, -0.1) is 0 Å². The molecule has 88 valence electrons. The number of H-pyrrole nitrogens is 1. The highest BCUT2D eigenvalue weighted by molar-refractivity contribution is 14.1. The van der Waals surface area contributed by atoms with Crippen LogP contribution in [-0.2, 0) is 0 Å². The van der Waals surface area contributed by atoms with Crippen LogP contribution in [0.3, 0.4) is 0 Å². The highest BCUT2D eigenvalue weighted by Gasteiger charge is 2.05. The van der Waals surface area contributed by atoms with Gasteiger partial charge in [0.1, 0.15) is 0 Å². The normalized spacial score (nSPS) is 10.5. The molecule has 2 aromatic rings. The maximum absolute atomic E-state index is 11.3. The van der Waals surface area contributed by atoms with Crippen molar-refractivity contribution in [3.8, 4) is 0 Å². The summed E-state index contributed by atoms with van der Waals surface area (Å²) >= 11 is 3.63. The van der Waals surface area contributed by atoms with Crippen molar-refractivity contribution in [3.63, 3.8) is 0 Å². The third-order valence-corrected chi connectivity index (χ3v) is 4.23. The second-order valence-corrected chi connectivity index (χ2v) is 5.68. The first kappa shape index (κ1) is 12.4. The molecule has 1 aromatic heterocycles. The number of rotatable bonds is 2. The summed E-state index contributed by atoms with van der Waals surface area (Å²) in [5, 5.41) is 0.595. The monoisotopic (exact) mass is 359 g/mol. The van der Waals surface area contributed by atoms with E-state index in [9.17, 15) is 4.79 Å². The SMILES string of the molecule is Cc1cc(=O)[nH]c(Sc2ccc(N)cc2I)n1. The summed E-state index contributed by atoms with van der Waals surface area (Å²) in [6.07, 6.45) is 0. The zero-order valence-corrected chi connectivity index (χ0v) is 12.0. The molecule has 1 aromatic carbocycles. The first-order chi connectivity index (χ1) is 8.04. The molecular formula is C11H10IN3OS. The molecule has 0 spiro atoms. The number of hydrogen-bond acceptors (Lipinski definition) is 4. The molecule has 2 rings (SSSR count). The minimum absolute atomic E-state index is 0.134. The Morgan fingerprint density at radius 3 is 2.82 bits per heavy atom. The van der Waals surface area contributed by atoms with Crippen LogP contribution in [0.15, 0.2) is 39.1 Å². The number of hydrogen-bond donors (Lipinski definition) is 2. The summed E-state index contributed by atoms with van der Waals surface area (Å²) in [5.74, 6) is 0. The van der Waals surface area contributed by atoms with Crippen molar-refractivity contribution in [2.45, 2.75) is 17.0 Å². The Labute approximate surface area is 116 Å². The fourth-order valence-electron chi connectivity index (χ4n) is 1.30. The third-order valence-electron chi connectivity index (χ3n) is 2.01. The van der Waals surface area contributed by atoms with Crippen molar-refractivity contribution in [1.82, 2.24) is 9.97 Å². The lowest BCUT2D eigenvalue weighted by molar-refractivity contribution is 0.905. The molecule has 0 amide bonds. The lowest BCUT2D eigenvalue weighted by Crippen LogP contribution is -2.07. The van der Waals surface area contributed by atoms with Gasteiger partial charge in [0, 0.05) is 25.9 Å². The first-order valence-electron chi connectivity index (χ1n) is 4.85.